The number of nitrogens with zero attached hydrogens (tertiary/aromatic N) is 2. The molecule has 0 unspecified atom stereocenters. The average molecular weight is 239 g/mol. The number of nitrogens with one attached hydrogen (secondary N) is 1. The van der Waals surface area contributed by atoms with Crippen LogP contribution < -0.4 is 5.32 Å². The van der Waals surface area contributed by atoms with E-state index in [1.807, 2.05) is 47.3 Å². The molecule has 0 aliphatic carbocycles. The lowest BCUT2D eigenvalue weighted by Crippen LogP contribution is -2.17. The van der Waals surface area contributed by atoms with E-state index in [9.17, 15) is 0 Å². The Morgan fingerprint density at radius 1 is 1.17 bits per heavy atom. The summed E-state index contributed by atoms with van der Waals surface area (Å²) in [4.78, 5) is 0. The average Bonchev–Trinajstić information content (AvgIpc) is 2.92. The summed E-state index contributed by atoms with van der Waals surface area (Å²) in [6, 6.07) is 12.0. The van der Waals surface area contributed by atoms with Gasteiger partial charge in [0.15, 0.2) is 0 Å². The van der Waals surface area contributed by atoms with Gasteiger partial charge in [-0.25, -0.2) is 0 Å². The Morgan fingerprint density at radius 3 is 2.83 bits per heavy atom. The van der Waals surface area contributed by atoms with Gasteiger partial charge in [0.1, 0.15) is 0 Å². The van der Waals surface area contributed by atoms with Gasteiger partial charge in [0.05, 0.1) is 6.54 Å². The van der Waals surface area contributed by atoms with E-state index in [1.54, 1.807) is 6.20 Å². The van der Waals surface area contributed by atoms with Gasteiger partial charge in [-0.3, -0.25) is 4.68 Å². The van der Waals surface area contributed by atoms with Crippen LogP contribution in [0.4, 0.5) is 0 Å². The number of aromatic nitrogens is 2. The minimum Gasteiger partial charge on any atom is -0.306 e. The predicted molar refractivity (Wildman–Crippen MR) is 73.0 cm³/mol. The van der Waals surface area contributed by atoms with Gasteiger partial charge in [-0.2, -0.15) is 5.10 Å². The summed E-state index contributed by atoms with van der Waals surface area (Å²) in [5.41, 5.74) is 1.07. The van der Waals surface area contributed by atoms with E-state index >= 15 is 0 Å². The topological polar surface area (TPSA) is 29.9 Å². The van der Waals surface area contributed by atoms with E-state index in [0.717, 1.165) is 31.6 Å². The fourth-order valence-electron chi connectivity index (χ4n) is 1.62. The molecule has 18 heavy (non-hydrogen) atoms. The maximum absolute atomic E-state index is 4.15. The molecule has 0 aliphatic rings. The largest absolute Gasteiger partial charge is 0.306 e. The first-order valence-electron chi connectivity index (χ1n) is 6.17. The molecule has 0 atom stereocenters. The van der Waals surface area contributed by atoms with Crippen LogP contribution in [-0.2, 0) is 6.54 Å². The number of rotatable bonds is 5. The van der Waals surface area contributed by atoms with Crippen molar-refractivity contribution in [3.63, 3.8) is 0 Å². The Labute approximate surface area is 108 Å². The van der Waals surface area contributed by atoms with E-state index in [4.69, 9.17) is 0 Å². The van der Waals surface area contributed by atoms with Crippen LogP contribution in [0.1, 0.15) is 12.0 Å². The van der Waals surface area contributed by atoms with Crippen molar-refractivity contribution in [2.45, 2.75) is 13.0 Å². The molecular formula is C15H17N3. The molecule has 0 aliphatic heterocycles. The molecule has 3 heteroatoms. The molecule has 3 nitrogen and oxygen atoms in total. The molecule has 0 saturated heterocycles. The van der Waals surface area contributed by atoms with Crippen molar-refractivity contribution in [2.24, 2.45) is 0 Å². The van der Waals surface area contributed by atoms with Crippen molar-refractivity contribution in [1.82, 2.24) is 15.1 Å². The summed E-state index contributed by atoms with van der Waals surface area (Å²) in [5, 5.41) is 7.45. The molecule has 1 aromatic heterocycles. The zero-order chi connectivity index (χ0) is 12.5. The van der Waals surface area contributed by atoms with E-state index in [-0.39, 0.29) is 0 Å². The Morgan fingerprint density at radius 2 is 2.06 bits per heavy atom. The SMILES string of the molecule is C(#Cc1ccccc1)CNCCCn1cccn1. The van der Waals surface area contributed by atoms with Crippen LogP contribution in [0.15, 0.2) is 48.8 Å². The molecule has 1 aromatic carbocycles. The van der Waals surface area contributed by atoms with Gasteiger partial charge in [-0.1, -0.05) is 30.0 Å². The highest BCUT2D eigenvalue weighted by atomic mass is 15.3. The lowest BCUT2D eigenvalue weighted by atomic mass is 10.2. The second kappa shape index (κ2) is 7.31. The van der Waals surface area contributed by atoms with Crippen molar-refractivity contribution >= 4 is 0 Å². The molecule has 0 saturated carbocycles. The smallest absolute Gasteiger partial charge is 0.0580 e. The minimum absolute atomic E-state index is 0.730. The summed E-state index contributed by atoms with van der Waals surface area (Å²) in [6.07, 6.45) is 4.85. The van der Waals surface area contributed by atoms with Gasteiger partial charge in [0.2, 0.25) is 0 Å². The zero-order valence-electron chi connectivity index (χ0n) is 10.3. The van der Waals surface area contributed by atoms with Crippen LogP contribution in [0.5, 0.6) is 0 Å². The number of hydrogen-bond donors (Lipinski definition) is 1. The molecule has 2 aromatic rings. The monoisotopic (exact) mass is 239 g/mol. The lowest BCUT2D eigenvalue weighted by molar-refractivity contribution is 0.556. The quantitative estimate of drug-likeness (QED) is 0.638. The third-order valence-electron chi connectivity index (χ3n) is 2.52. The molecule has 0 bridgehead atoms. The second-order valence-corrected chi connectivity index (χ2v) is 3.97. The number of hydrogen-bond acceptors (Lipinski definition) is 2. The van der Waals surface area contributed by atoms with Gasteiger partial charge < -0.3 is 5.32 Å². The fourth-order valence-corrected chi connectivity index (χ4v) is 1.62. The normalized spacial score (nSPS) is 9.78. The van der Waals surface area contributed by atoms with Gasteiger partial charge in [-0.15, -0.1) is 0 Å². The number of benzene rings is 1. The van der Waals surface area contributed by atoms with Crippen LogP contribution in [-0.4, -0.2) is 22.9 Å². The Bertz CT molecular complexity index is 492. The highest BCUT2D eigenvalue weighted by molar-refractivity contribution is 5.33. The first-order chi connectivity index (χ1) is 8.95. The first kappa shape index (κ1) is 12.4. The summed E-state index contributed by atoms with van der Waals surface area (Å²) >= 11 is 0. The Hall–Kier alpha value is -2.05. The molecule has 2 rings (SSSR count). The number of aryl methyl sites for hydroxylation is 1. The molecule has 92 valence electrons. The van der Waals surface area contributed by atoms with Crippen LogP contribution in [0.3, 0.4) is 0 Å². The van der Waals surface area contributed by atoms with Gasteiger partial charge in [0.25, 0.3) is 0 Å². The molecule has 1 heterocycles. The maximum atomic E-state index is 4.15. The molecule has 0 amide bonds. The molecule has 0 fully saturated rings. The van der Waals surface area contributed by atoms with Crippen molar-refractivity contribution in [3.8, 4) is 11.8 Å². The predicted octanol–water partition coefficient (Wildman–Crippen LogP) is 1.91. The van der Waals surface area contributed by atoms with Gasteiger partial charge in [-0.05, 0) is 31.2 Å². The standard InChI is InChI=1S/C15H17N3/c1-2-7-15(8-3-1)9-4-10-16-11-5-13-18-14-6-12-17-18/h1-3,6-8,12,14,16H,5,10-11,13H2. The van der Waals surface area contributed by atoms with E-state index in [1.165, 1.54) is 0 Å². The Kier molecular flexibility index (Phi) is 5.04. The third kappa shape index (κ3) is 4.44. The molecule has 0 radical (unpaired) electrons. The molecule has 0 spiro atoms. The Balaban J connectivity index is 1.58. The lowest BCUT2D eigenvalue weighted by Gasteiger charge is -2.01. The van der Waals surface area contributed by atoms with Crippen molar-refractivity contribution in [2.75, 3.05) is 13.1 Å². The summed E-state index contributed by atoms with van der Waals surface area (Å²) in [6.45, 7) is 2.64. The van der Waals surface area contributed by atoms with Crippen molar-refractivity contribution in [1.29, 1.82) is 0 Å². The van der Waals surface area contributed by atoms with Crippen LogP contribution in [0.25, 0.3) is 0 Å². The second-order valence-electron chi connectivity index (χ2n) is 3.97. The van der Waals surface area contributed by atoms with Crippen molar-refractivity contribution in [3.05, 3.63) is 54.4 Å². The summed E-state index contributed by atoms with van der Waals surface area (Å²) in [7, 11) is 0. The first-order valence-corrected chi connectivity index (χ1v) is 6.17. The molecular weight excluding hydrogens is 222 g/mol. The highest BCUT2D eigenvalue weighted by Crippen LogP contribution is 1.94. The van der Waals surface area contributed by atoms with Crippen LogP contribution >= 0.6 is 0 Å². The van der Waals surface area contributed by atoms with E-state index < -0.39 is 0 Å². The zero-order valence-corrected chi connectivity index (χ0v) is 10.3. The fraction of sp³-hybridized carbons (Fsp3) is 0.267. The van der Waals surface area contributed by atoms with E-state index in [2.05, 4.69) is 22.3 Å². The van der Waals surface area contributed by atoms with Crippen LogP contribution in [0.2, 0.25) is 0 Å². The summed E-state index contributed by atoms with van der Waals surface area (Å²) < 4.78 is 1.94. The maximum Gasteiger partial charge on any atom is 0.0580 e. The van der Waals surface area contributed by atoms with E-state index in [0.29, 0.717) is 0 Å². The van der Waals surface area contributed by atoms with Gasteiger partial charge >= 0.3 is 0 Å². The van der Waals surface area contributed by atoms with Crippen LogP contribution in [0, 0.1) is 11.8 Å². The van der Waals surface area contributed by atoms with Gasteiger partial charge in [0, 0.05) is 24.5 Å². The summed E-state index contributed by atoms with van der Waals surface area (Å²) in [5.74, 6) is 6.23. The van der Waals surface area contributed by atoms with Crippen molar-refractivity contribution < 1.29 is 0 Å². The third-order valence-corrected chi connectivity index (χ3v) is 2.52. The minimum atomic E-state index is 0.730. The highest BCUT2D eigenvalue weighted by Gasteiger charge is 1.89. The molecule has 1 N–H and O–H groups in total.